The van der Waals surface area contributed by atoms with Crippen molar-refractivity contribution < 1.29 is 9.90 Å². The largest absolute Gasteiger partial charge is 0.398 e. The predicted molar refractivity (Wildman–Crippen MR) is 72.9 cm³/mol. The van der Waals surface area contributed by atoms with E-state index in [-0.39, 0.29) is 12.4 Å². The van der Waals surface area contributed by atoms with Crippen LogP contribution in [0.2, 0.25) is 0 Å². The standard InChI is InChI=1S/C14H20N2O2/c1-10(18)13-8-12(2-3-14(13)15)16-6-4-11(9-16)5-7-17/h2-3,8,11,17H,4-7,9,15H2,1H3. The number of aliphatic hydroxyl groups excluding tert-OH is 1. The van der Waals surface area contributed by atoms with Crippen LogP contribution in [0.15, 0.2) is 18.2 Å². The highest BCUT2D eigenvalue weighted by Gasteiger charge is 2.22. The summed E-state index contributed by atoms with van der Waals surface area (Å²) in [7, 11) is 0. The molecule has 1 aliphatic heterocycles. The van der Waals surface area contributed by atoms with Crippen molar-refractivity contribution >= 4 is 17.2 Å². The first-order valence-corrected chi connectivity index (χ1v) is 6.38. The molecular weight excluding hydrogens is 228 g/mol. The van der Waals surface area contributed by atoms with E-state index in [0.717, 1.165) is 31.6 Å². The fourth-order valence-corrected chi connectivity index (χ4v) is 2.53. The number of benzene rings is 1. The number of carbonyl (C=O) groups is 1. The number of aliphatic hydroxyl groups is 1. The number of nitrogens with two attached hydrogens (primary N) is 1. The number of hydrogen-bond acceptors (Lipinski definition) is 4. The average molecular weight is 248 g/mol. The highest BCUT2D eigenvalue weighted by molar-refractivity contribution is 6.00. The Balaban J connectivity index is 2.15. The predicted octanol–water partition coefficient (Wildman–Crippen LogP) is 1.68. The van der Waals surface area contributed by atoms with E-state index in [1.165, 1.54) is 6.92 Å². The second-order valence-corrected chi connectivity index (χ2v) is 4.94. The minimum Gasteiger partial charge on any atom is -0.398 e. The highest BCUT2D eigenvalue weighted by atomic mass is 16.3. The third kappa shape index (κ3) is 2.64. The lowest BCUT2D eigenvalue weighted by Crippen LogP contribution is -2.20. The van der Waals surface area contributed by atoms with Crippen LogP contribution in [0.25, 0.3) is 0 Å². The number of ketones is 1. The zero-order valence-electron chi connectivity index (χ0n) is 10.7. The van der Waals surface area contributed by atoms with Gasteiger partial charge in [0.25, 0.3) is 0 Å². The summed E-state index contributed by atoms with van der Waals surface area (Å²) in [5.41, 5.74) is 7.98. The normalized spacial score (nSPS) is 19.2. The number of nitrogen functional groups attached to an aromatic ring is 1. The molecule has 0 bridgehead atoms. The van der Waals surface area contributed by atoms with Crippen molar-refractivity contribution in [3.8, 4) is 0 Å². The Morgan fingerprint density at radius 1 is 1.56 bits per heavy atom. The van der Waals surface area contributed by atoms with Crippen LogP contribution in [0.5, 0.6) is 0 Å². The van der Waals surface area contributed by atoms with Gasteiger partial charge in [-0.2, -0.15) is 0 Å². The number of Topliss-reactive ketones (excluding diaryl/α,β-unsaturated/α-hetero) is 1. The van der Waals surface area contributed by atoms with Crippen molar-refractivity contribution in [2.24, 2.45) is 5.92 Å². The van der Waals surface area contributed by atoms with Gasteiger partial charge < -0.3 is 15.7 Å². The van der Waals surface area contributed by atoms with Crippen molar-refractivity contribution in [1.29, 1.82) is 0 Å². The van der Waals surface area contributed by atoms with Gasteiger partial charge in [0, 0.05) is 36.6 Å². The average Bonchev–Trinajstić information content (AvgIpc) is 2.78. The molecule has 0 spiro atoms. The lowest BCUT2D eigenvalue weighted by Gasteiger charge is -2.19. The molecule has 0 amide bonds. The highest BCUT2D eigenvalue weighted by Crippen LogP contribution is 2.28. The van der Waals surface area contributed by atoms with E-state index >= 15 is 0 Å². The van der Waals surface area contributed by atoms with Crippen LogP contribution in [0.4, 0.5) is 11.4 Å². The fourth-order valence-electron chi connectivity index (χ4n) is 2.53. The van der Waals surface area contributed by atoms with E-state index in [4.69, 9.17) is 10.8 Å². The molecule has 1 fully saturated rings. The van der Waals surface area contributed by atoms with Gasteiger partial charge in [-0.05, 0) is 43.9 Å². The number of anilines is 2. The van der Waals surface area contributed by atoms with Gasteiger partial charge in [0.2, 0.25) is 0 Å². The molecule has 0 saturated carbocycles. The molecule has 3 N–H and O–H groups in total. The van der Waals surface area contributed by atoms with Crippen LogP contribution in [-0.4, -0.2) is 30.6 Å². The Morgan fingerprint density at radius 3 is 3.00 bits per heavy atom. The SMILES string of the molecule is CC(=O)c1cc(N2CCC(CCO)C2)ccc1N. The zero-order valence-corrected chi connectivity index (χ0v) is 10.7. The Labute approximate surface area is 107 Å². The monoisotopic (exact) mass is 248 g/mol. The lowest BCUT2D eigenvalue weighted by atomic mass is 10.1. The summed E-state index contributed by atoms with van der Waals surface area (Å²) in [6.07, 6.45) is 1.95. The van der Waals surface area contributed by atoms with E-state index < -0.39 is 0 Å². The summed E-state index contributed by atoms with van der Waals surface area (Å²) in [4.78, 5) is 13.7. The van der Waals surface area contributed by atoms with Crippen molar-refractivity contribution in [3.63, 3.8) is 0 Å². The van der Waals surface area contributed by atoms with E-state index in [9.17, 15) is 4.79 Å². The molecule has 1 aromatic rings. The van der Waals surface area contributed by atoms with Crippen molar-refractivity contribution in [2.45, 2.75) is 19.8 Å². The number of carbonyl (C=O) groups excluding carboxylic acids is 1. The van der Waals surface area contributed by atoms with Crippen LogP contribution < -0.4 is 10.6 Å². The second-order valence-electron chi connectivity index (χ2n) is 4.94. The molecule has 1 heterocycles. The van der Waals surface area contributed by atoms with E-state index in [1.807, 2.05) is 12.1 Å². The molecule has 1 aromatic carbocycles. The third-order valence-electron chi connectivity index (χ3n) is 3.60. The van der Waals surface area contributed by atoms with Gasteiger partial charge in [0.1, 0.15) is 0 Å². The molecule has 1 atom stereocenters. The van der Waals surface area contributed by atoms with Gasteiger partial charge in [-0.25, -0.2) is 0 Å². The van der Waals surface area contributed by atoms with Gasteiger partial charge >= 0.3 is 0 Å². The first-order valence-electron chi connectivity index (χ1n) is 6.38. The molecule has 1 unspecified atom stereocenters. The maximum absolute atomic E-state index is 11.5. The maximum atomic E-state index is 11.5. The minimum absolute atomic E-state index is 0.000421. The molecule has 0 aliphatic carbocycles. The van der Waals surface area contributed by atoms with Crippen LogP contribution >= 0.6 is 0 Å². The van der Waals surface area contributed by atoms with Gasteiger partial charge in [0.15, 0.2) is 5.78 Å². The Bertz CT molecular complexity index is 445. The molecule has 4 heteroatoms. The Morgan fingerprint density at radius 2 is 2.33 bits per heavy atom. The third-order valence-corrected chi connectivity index (χ3v) is 3.60. The fraction of sp³-hybridized carbons (Fsp3) is 0.500. The molecule has 18 heavy (non-hydrogen) atoms. The Hall–Kier alpha value is -1.55. The van der Waals surface area contributed by atoms with E-state index in [0.29, 0.717) is 17.2 Å². The van der Waals surface area contributed by atoms with Crippen LogP contribution in [0, 0.1) is 5.92 Å². The molecule has 2 rings (SSSR count). The number of hydrogen-bond donors (Lipinski definition) is 2. The van der Waals surface area contributed by atoms with Crippen LogP contribution in [0.3, 0.4) is 0 Å². The Kier molecular flexibility index (Phi) is 3.87. The van der Waals surface area contributed by atoms with E-state index in [1.54, 1.807) is 6.07 Å². The molecule has 98 valence electrons. The summed E-state index contributed by atoms with van der Waals surface area (Å²) in [5.74, 6) is 0.550. The lowest BCUT2D eigenvalue weighted by molar-refractivity contribution is 0.101. The van der Waals surface area contributed by atoms with Crippen molar-refractivity contribution in [2.75, 3.05) is 30.3 Å². The van der Waals surface area contributed by atoms with Gasteiger partial charge in [-0.1, -0.05) is 0 Å². The smallest absolute Gasteiger partial charge is 0.161 e. The van der Waals surface area contributed by atoms with Crippen LogP contribution in [-0.2, 0) is 0 Å². The molecular formula is C14H20N2O2. The molecule has 0 aromatic heterocycles. The summed E-state index contributed by atoms with van der Waals surface area (Å²) in [6, 6.07) is 5.63. The first-order chi connectivity index (χ1) is 8.61. The molecule has 0 radical (unpaired) electrons. The molecule has 4 nitrogen and oxygen atoms in total. The quantitative estimate of drug-likeness (QED) is 0.628. The van der Waals surface area contributed by atoms with Gasteiger partial charge in [-0.3, -0.25) is 4.79 Å². The van der Waals surface area contributed by atoms with Gasteiger partial charge in [0.05, 0.1) is 0 Å². The maximum Gasteiger partial charge on any atom is 0.161 e. The van der Waals surface area contributed by atoms with Crippen molar-refractivity contribution in [1.82, 2.24) is 0 Å². The summed E-state index contributed by atoms with van der Waals surface area (Å²) in [5, 5.41) is 8.96. The number of rotatable bonds is 4. The van der Waals surface area contributed by atoms with Crippen molar-refractivity contribution in [3.05, 3.63) is 23.8 Å². The number of nitrogens with zero attached hydrogens (tertiary/aromatic N) is 1. The minimum atomic E-state index is 0.000421. The second kappa shape index (κ2) is 5.40. The molecule has 1 saturated heterocycles. The van der Waals surface area contributed by atoms with Crippen LogP contribution in [0.1, 0.15) is 30.1 Å². The summed E-state index contributed by atoms with van der Waals surface area (Å²) < 4.78 is 0. The zero-order chi connectivity index (χ0) is 13.1. The topological polar surface area (TPSA) is 66.6 Å². The summed E-state index contributed by atoms with van der Waals surface area (Å²) >= 11 is 0. The first kappa shape index (κ1) is 12.9. The van der Waals surface area contributed by atoms with E-state index in [2.05, 4.69) is 4.90 Å². The summed E-state index contributed by atoms with van der Waals surface area (Å²) in [6.45, 7) is 3.71. The molecule has 1 aliphatic rings. The van der Waals surface area contributed by atoms with Gasteiger partial charge in [-0.15, -0.1) is 0 Å².